The van der Waals surface area contributed by atoms with Gasteiger partial charge in [0.05, 0.1) is 28.6 Å². The zero-order valence-corrected chi connectivity index (χ0v) is 17.4. The Morgan fingerprint density at radius 1 is 1.37 bits per heavy atom. The normalized spacial score (nSPS) is 21.7. The van der Waals surface area contributed by atoms with E-state index in [2.05, 4.69) is 26.4 Å². The molecular formula is C21H22ClFN6O. The number of rotatable bonds is 4. The summed E-state index contributed by atoms with van der Waals surface area (Å²) in [6.45, 7) is 0. The molecule has 1 aliphatic carbocycles. The van der Waals surface area contributed by atoms with Crippen molar-refractivity contribution in [3.63, 3.8) is 0 Å². The molecule has 3 atom stereocenters. The van der Waals surface area contributed by atoms with Crippen molar-refractivity contribution in [2.75, 3.05) is 19.4 Å². The van der Waals surface area contributed by atoms with Gasteiger partial charge in [-0.1, -0.05) is 11.6 Å². The minimum atomic E-state index is -0.564. The SMILES string of the molecule is CN(C)[C@@H]1CC[C@H](n2nc(Nc3ccc(Cl)c(F)c3)c3c(=O)[nH]ccc32)[C@@H](C#N)C1. The third kappa shape index (κ3) is 3.66. The van der Waals surface area contributed by atoms with Crippen molar-refractivity contribution in [3.05, 3.63) is 51.7 Å². The maximum atomic E-state index is 13.9. The van der Waals surface area contributed by atoms with Crippen LogP contribution in [0, 0.1) is 23.1 Å². The number of hydrogen-bond donors (Lipinski definition) is 2. The van der Waals surface area contributed by atoms with E-state index in [-0.39, 0.29) is 22.5 Å². The predicted molar refractivity (Wildman–Crippen MR) is 115 cm³/mol. The van der Waals surface area contributed by atoms with E-state index in [0.717, 1.165) is 19.3 Å². The molecule has 1 fully saturated rings. The first kappa shape index (κ1) is 20.4. The second kappa shape index (κ2) is 8.09. The number of nitrogens with one attached hydrogen (secondary N) is 2. The van der Waals surface area contributed by atoms with Gasteiger partial charge < -0.3 is 15.2 Å². The van der Waals surface area contributed by atoms with Crippen LogP contribution in [0.15, 0.2) is 35.3 Å². The molecule has 2 heterocycles. The molecule has 2 N–H and O–H groups in total. The molecule has 9 heteroatoms. The van der Waals surface area contributed by atoms with Gasteiger partial charge in [0.25, 0.3) is 5.56 Å². The molecule has 2 aromatic heterocycles. The number of aromatic nitrogens is 3. The highest BCUT2D eigenvalue weighted by Crippen LogP contribution is 2.38. The van der Waals surface area contributed by atoms with E-state index < -0.39 is 5.82 Å². The van der Waals surface area contributed by atoms with Gasteiger partial charge in [-0.2, -0.15) is 10.4 Å². The Labute approximate surface area is 178 Å². The smallest absolute Gasteiger partial charge is 0.261 e. The summed E-state index contributed by atoms with van der Waals surface area (Å²) in [5.41, 5.74) is 0.773. The van der Waals surface area contributed by atoms with Crippen LogP contribution in [-0.2, 0) is 0 Å². The van der Waals surface area contributed by atoms with Crippen LogP contribution in [-0.4, -0.2) is 39.8 Å². The van der Waals surface area contributed by atoms with Gasteiger partial charge in [0, 0.05) is 17.9 Å². The van der Waals surface area contributed by atoms with E-state index in [0.29, 0.717) is 28.5 Å². The zero-order valence-electron chi connectivity index (χ0n) is 16.7. The fourth-order valence-electron chi connectivity index (χ4n) is 4.18. The van der Waals surface area contributed by atoms with Gasteiger partial charge in [0.15, 0.2) is 5.82 Å². The Hall–Kier alpha value is -2.89. The average Bonchev–Trinajstić information content (AvgIpc) is 3.09. The van der Waals surface area contributed by atoms with Crippen molar-refractivity contribution in [1.29, 1.82) is 5.26 Å². The molecule has 0 aliphatic heterocycles. The number of fused-ring (bicyclic) bond motifs is 1. The maximum Gasteiger partial charge on any atom is 0.261 e. The van der Waals surface area contributed by atoms with Gasteiger partial charge in [0.1, 0.15) is 11.2 Å². The standard InChI is InChI=1S/C21H22ClFN6O/c1-28(2)14-4-6-17(12(9-14)11-24)29-18-7-8-25-21(30)19(18)20(27-29)26-13-3-5-15(22)16(23)10-13/h3,5,7-8,10,12,14,17H,4,6,9H2,1-2H3,(H,25,30)(H,26,27)/t12-,14-,17+/m1/s1. The number of halogens is 2. The van der Waals surface area contributed by atoms with Crippen LogP contribution in [0.1, 0.15) is 25.3 Å². The predicted octanol–water partition coefficient (Wildman–Crippen LogP) is 4.06. The second-order valence-electron chi connectivity index (χ2n) is 7.85. The van der Waals surface area contributed by atoms with Crippen LogP contribution in [0.25, 0.3) is 10.9 Å². The molecule has 4 rings (SSSR count). The van der Waals surface area contributed by atoms with Crippen LogP contribution < -0.4 is 10.9 Å². The van der Waals surface area contributed by atoms with Crippen LogP contribution in [0.2, 0.25) is 5.02 Å². The molecule has 0 saturated heterocycles. The Bertz CT molecular complexity index is 1180. The number of pyridine rings is 1. The van der Waals surface area contributed by atoms with Crippen molar-refractivity contribution < 1.29 is 4.39 Å². The first-order chi connectivity index (χ1) is 14.4. The third-order valence-corrected chi connectivity index (χ3v) is 6.12. The summed E-state index contributed by atoms with van der Waals surface area (Å²) < 4.78 is 15.6. The highest BCUT2D eigenvalue weighted by Gasteiger charge is 2.34. The minimum absolute atomic E-state index is 0.0169. The summed E-state index contributed by atoms with van der Waals surface area (Å²) in [6, 6.07) is 8.72. The molecule has 0 unspecified atom stereocenters. The maximum absolute atomic E-state index is 13.9. The molecule has 0 bridgehead atoms. The van der Waals surface area contributed by atoms with Crippen LogP contribution in [0.5, 0.6) is 0 Å². The number of H-pyrrole nitrogens is 1. The van der Waals surface area contributed by atoms with Crippen molar-refractivity contribution in [2.45, 2.75) is 31.3 Å². The van der Waals surface area contributed by atoms with E-state index in [1.165, 1.54) is 12.1 Å². The number of anilines is 2. The quantitative estimate of drug-likeness (QED) is 0.654. The summed E-state index contributed by atoms with van der Waals surface area (Å²) in [4.78, 5) is 17.4. The fourth-order valence-corrected chi connectivity index (χ4v) is 4.30. The van der Waals surface area contributed by atoms with Gasteiger partial charge >= 0.3 is 0 Å². The van der Waals surface area contributed by atoms with Crippen LogP contribution in [0.3, 0.4) is 0 Å². The lowest BCUT2D eigenvalue weighted by atomic mass is 9.82. The number of benzene rings is 1. The number of nitrogens with zero attached hydrogens (tertiary/aromatic N) is 4. The number of hydrogen-bond acceptors (Lipinski definition) is 5. The molecule has 30 heavy (non-hydrogen) atoms. The summed E-state index contributed by atoms with van der Waals surface area (Å²) in [5.74, 6) is -0.472. The third-order valence-electron chi connectivity index (χ3n) is 5.81. The summed E-state index contributed by atoms with van der Waals surface area (Å²) in [6.07, 6.45) is 4.02. The molecule has 0 amide bonds. The largest absolute Gasteiger partial charge is 0.338 e. The van der Waals surface area contributed by atoms with Crippen molar-refractivity contribution >= 4 is 34.0 Å². The first-order valence-electron chi connectivity index (χ1n) is 9.77. The molecule has 1 aromatic carbocycles. The van der Waals surface area contributed by atoms with Crippen LogP contribution in [0.4, 0.5) is 15.9 Å². The van der Waals surface area contributed by atoms with Gasteiger partial charge in [0.2, 0.25) is 0 Å². The zero-order chi connectivity index (χ0) is 21.4. The fraction of sp³-hybridized carbons (Fsp3) is 0.381. The van der Waals surface area contributed by atoms with Gasteiger partial charge in [-0.3, -0.25) is 9.48 Å². The molecular weight excluding hydrogens is 407 g/mol. The highest BCUT2D eigenvalue weighted by molar-refractivity contribution is 6.30. The van der Waals surface area contributed by atoms with E-state index in [9.17, 15) is 14.4 Å². The van der Waals surface area contributed by atoms with Crippen molar-refractivity contribution in [3.8, 4) is 6.07 Å². The van der Waals surface area contributed by atoms with E-state index in [1.54, 1.807) is 23.0 Å². The van der Waals surface area contributed by atoms with Gasteiger partial charge in [-0.15, -0.1) is 0 Å². The van der Waals surface area contributed by atoms with Gasteiger partial charge in [-0.25, -0.2) is 4.39 Å². The molecule has 0 spiro atoms. The molecule has 3 aromatic rings. The summed E-state index contributed by atoms with van der Waals surface area (Å²) in [7, 11) is 4.05. The van der Waals surface area contributed by atoms with E-state index in [4.69, 9.17) is 11.6 Å². The number of aromatic amines is 1. The van der Waals surface area contributed by atoms with Gasteiger partial charge in [-0.05, 0) is 57.6 Å². The van der Waals surface area contributed by atoms with Crippen LogP contribution >= 0.6 is 11.6 Å². The van der Waals surface area contributed by atoms with Crippen molar-refractivity contribution in [2.24, 2.45) is 5.92 Å². The molecule has 1 saturated carbocycles. The number of nitriles is 1. The van der Waals surface area contributed by atoms with Crippen molar-refractivity contribution in [1.82, 2.24) is 19.7 Å². The molecule has 1 aliphatic rings. The van der Waals surface area contributed by atoms with E-state index in [1.807, 2.05) is 14.1 Å². The lowest BCUT2D eigenvalue weighted by Crippen LogP contribution is -2.37. The first-order valence-corrected chi connectivity index (χ1v) is 10.1. The monoisotopic (exact) mass is 428 g/mol. The topological polar surface area (TPSA) is 89.7 Å². The summed E-state index contributed by atoms with van der Waals surface area (Å²) in [5, 5.41) is 17.9. The second-order valence-corrected chi connectivity index (χ2v) is 8.25. The lowest BCUT2D eigenvalue weighted by molar-refractivity contribution is 0.160. The molecule has 0 radical (unpaired) electrons. The Morgan fingerprint density at radius 2 is 2.17 bits per heavy atom. The molecule has 7 nitrogen and oxygen atoms in total. The minimum Gasteiger partial charge on any atom is -0.338 e. The highest BCUT2D eigenvalue weighted by atomic mass is 35.5. The molecule has 156 valence electrons. The Kier molecular flexibility index (Phi) is 5.50. The lowest BCUT2D eigenvalue weighted by Gasteiger charge is -2.36. The summed E-state index contributed by atoms with van der Waals surface area (Å²) >= 11 is 5.76. The Morgan fingerprint density at radius 3 is 2.87 bits per heavy atom. The van der Waals surface area contributed by atoms with E-state index >= 15 is 0 Å². The average molecular weight is 429 g/mol. The Balaban J connectivity index is 1.76.